The van der Waals surface area contributed by atoms with Crippen LogP contribution in [-0.4, -0.2) is 15.5 Å². The molecule has 1 rings (SSSR count). The molecule has 0 aliphatic heterocycles. The van der Waals surface area contributed by atoms with Gasteiger partial charge in [-0.1, -0.05) is 12.1 Å². The first-order chi connectivity index (χ1) is 6.44. The summed E-state index contributed by atoms with van der Waals surface area (Å²) in [6, 6.07) is 4.03. The van der Waals surface area contributed by atoms with Gasteiger partial charge in [-0.25, -0.2) is 12.8 Å². The molecule has 0 heterocycles. The summed E-state index contributed by atoms with van der Waals surface area (Å²) in [6.07, 6.45) is 0. The molecule has 1 aromatic rings. The van der Waals surface area contributed by atoms with Gasteiger partial charge in [0.05, 0.1) is 12.9 Å². The van der Waals surface area contributed by atoms with Gasteiger partial charge < -0.3 is 4.74 Å². The highest BCUT2D eigenvalue weighted by atomic mass is 79.9. The molecule has 86 valence electrons. The fourth-order valence-electron chi connectivity index (χ4n) is 1.08. The van der Waals surface area contributed by atoms with E-state index in [0.717, 1.165) is 0 Å². The number of ether oxygens (including phenoxy) is 1. The smallest absolute Gasteiger partial charge is 0.236 e. The third-order valence-electron chi connectivity index (χ3n) is 1.58. The highest BCUT2D eigenvalue weighted by Gasteiger charge is 2.14. The summed E-state index contributed by atoms with van der Waals surface area (Å²) < 4.78 is 39.3. The van der Waals surface area contributed by atoms with Crippen molar-refractivity contribution in [1.82, 2.24) is 0 Å². The molecule has 0 amide bonds. The van der Waals surface area contributed by atoms with Gasteiger partial charge in [-0.15, -0.1) is 17.0 Å². The molecule has 0 fully saturated rings. The van der Waals surface area contributed by atoms with E-state index in [-0.39, 0.29) is 28.3 Å². The van der Waals surface area contributed by atoms with Crippen LogP contribution in [-0.2, 0) is 14.8 Å². The normalized spacial score (nSPS) is 10.6. The lowest BCUT2D eigenvalue weighted by atomic mass is 10.2. The topological polar surface area (TPSA) is 43.4 Å². The summed E-state index contributed by atoms with van der Waals surface area (Å²) >= 11 is 0. The van der Waals surface area contributed by atoms with Gasteiger partial charge >= 0.3 is 0 Å². The number of halogens is 3. The van der Waals surface area contributed by atoms with Crippen LogP contribution in [0, 0.1) is 5.82 Å². The second-order valence-corrected chi connectivity index (χ2v) is 5.39. The maximum absolute atomic E-state index is 13.1. The van der Waals surface area contributed by atoms with Crippen LogP contribution in [0.5, 0.6) is 5.75 Å². The molecule has 15 heavy (non-hydrogen) atoms. The Hall–Kier alpha value is -0.330. The van der Waals surface area contributed by atoms with E-state index in [1.165, 1.54) is 25.3 Å². The van der Waals surface area contributed by atoms with E-state index in [1.54, 1.807) is 0 Å². The van der Waals surface area contributed by atoms with E-state index >= 15 is 0 Å². The third kappa shape index (κ3) is 4.36. The lowest BCUT2D eigenvalue weighted by Gasteiger charge is -2.06. The summed E-state index contributed by atoms with van der Waals surface area (Å²) in [5.74, 6) is -1.14. The van der Waals surface area contributed by atoms with Crippen LogP contribution < -0.4 is 4.74 Å². The lowest BCUT2D eigenvalue weighted by Crippen LogP contribution is -2.00. The molecule has 0 saturated heterocycles. The summed E-state index contributed by atoms with van der Waals surface area (Å²) in [5.41, 5.74) is 0.211. The van der Waals surface area contributed by atoms with Crippen molar-refractivity contribution in [2.75, 3.05) is 7.11 Å². The molecule has 3 nitrogen and oxygen atoms in total. The van der Waals surface area contributed by atoms with E-state index in [2.05, 4.69) is 0 Å². The van der Waals surface area contributed by atoms with Crippen molar-refractivity contribution in [2.45, 2.75) is 5.75 Å². The summed E-state index contributed by atoms with van der Waals surface area (Å²) in [6.45, 7) is 0. The third-order valence-corrected chi connectivity index (χ3v) is 2.56. The van der Waals surface area contributed by atoms with Crippen molar-refractivity contribution in [2.24, 2.45) is 0 Å². The van der Waals surface area contributed by atoms with Gasteiger partial charge in [0.1, 0.15) is 0 Å². The van der Waals surface area contributed by atoms with Crippen LogP contribution in [0.25, 0.3) is 0 Å². The molecule has 0 unspecified atom stereocenters. The van der Waals surface area contributed by atoms with E-state index in [9.17, 15) is 12.8 Å². The van der Waals surface area contributed by atoms with Crippen LogP contribution in [0.15, 0.2) is 18.2 Å². The average Bonchev–Trinajstić information content (AvgIpc) is 2.01. The Morgan fingerprint density at radius 3 is 2.53 bits per heavy atom. The lowest BCUT2D eigenvalue weighted by molar-refractivity contribution is 0.383. The van der Waals surface area contributed by atoms with Crippen LogP contribution in [0.2, 0.25) is 0 Å². The van der Waals surface area contributed by atoms with Crippen molar-refractivity contribution in [3.05, 3.63) is 29.6 Å². The number of methoxy groups -OCH3 is 1. The number of rotatable bonds is 3. The molecule has 1 aromatic carbocycles. The molecule has 7 heteroatoms. The van der Waals surface area contributed by atoms with Gasteiger partial charge in [0.15, 0.2) is 11.6 Å². The molecular weight excluding hydrogens is 311 g/mol. The van der Waals surface area contributed by atoms with Crippen molar-refractivity contribution in [3.8, 4) is 5.75 Å². The number of hydrogen-bond donors (Lipinski definition) is 0. The number of para-hydroxylation sites is 1. The summed E-state index contributed by atoms with van der Waals surface area (Å²) in [4.78, 5) is 0. The molecule has 0 bridgehead atoms. The van der Waals surface area contributed by atoms with Crippen LogP contribution in [0.1, 0.15) is 5.56 Å². The fraction of sp³-hybridized carbons (Fsp3) is 0.250. The highest BCUT2D eigenvalue weighted by molar-refractivity contribution is 8.93. The molecule has 0 N–H and O–H groups in total. The highest BCUT2D eigenvalue weighted by Crippen LogP contribution is 2.24. The van der Waals surface area contributed by atoms with Gasteiger partial charge in [0.2, 0.25) is 9.05 Å². The molecule has 0 radical (unpaired) electrons. The van der Waals surface area contributed by atoms with E-state index in [4.69, 9.17) is 15.4 Å². The van der Waals surface area contributed by atoms with E-state index in [0.29, 0.717) is 0 Å². The van der Waals surface area contributed by atoms with Crippen LogP contribution in [0.4, 0.5) is 4.39 Å². The molecule has 0 aliphatic rings. The molecule has 0 aromatic heterocycles. The SMILES string of the molecule is Br.COc1c(F)cccc1CS(=O)(=O)Cl. The Balaban J connectivity index is 0.00000196. The zero-order chi connectivity index (χ0) is 10.8. The molecule has 0 atom stereocenters. The van der Waals surface area contributed by atoms with Crippen molar-refractivity contribution in [1.29, 1.82) is 0 Å². The molecular formula is C8H9BrClFO3S. The van der Waals surface area contributed by atoms with Gasteiger partial charge in [-0.2, -0.15) is 0 Å². The first kappa shape index (κ1) is 14.7. The Kier molecular flexibility index (Phi) is 5.55. The summed E-state index contributed by atoms with van der Waals surface area (Å²) in [5, 5.41) is 0. The largest absolute Gasteiger partial charge is 0.493 e. The second-order valence-electron chi connectivity index (χ2n) is 2.62. The fourth-order valence-corrected chi connectivity index (χ4v) is 2.03. The Bertz CT molecular complexity index is 436. The average molecular weight is 320 g/mol. The van der Waals surface area contributed by atoms with Crippen molar-refractivity contribution in [3.63, 3.8) is 0 Å². The monoisotopic (exact) mass is 318 g/mol. The van der Waals surface area contributed by atoms with E-state index < -0.39 is 20.6 Å². The van der Waals surface area contributed by atoms with Crippen LogP contribution in [0.3, 0.4) is 0 Å². The molecule has 0 aliphatic carbocycles. The van der Waals surface area contributed by atoms with Crippen LogP contribution >= 0.6 is 27.7 Å². The first-order valence-corrected chi connectivity index (χ1v) is 6.15. The van der Waals surface area contributed by atoms with Crippen molar-refractivity contribution >= 4 is 36.7 Å². The van der Waals surface area contributed by atoms with Gasteiger partial charge in [0.25, 0.3) is 0 Å². The predicted molar refractivity (Wildman–Crippen MR) is 61.8 cm³/mol. The summed E-state index contributed by atoms with van der Waals surface area (Å²) in [7, 11) is 2.61. The standard InChI is InChI=1S/C8H8ClFO3S.BrH/c1-13-8-6(5-14(9,11)12)3-2-4-7(8)10;/h2-4H,5H2,1H3;1H. The Labute approximate surface area is 102 Å². The minimum Gasteiger partial charge on any atom is -0.493 e. The van der Waals surface area contributed by atoms with Gasteiger partial charge in [-0.05, 0) is 6.07 Å². The maximum atomic E-state index is 13.1. The first-order valence-electron chi connectivity index (χ1n) is 3.68. The quantitative estimate of drug-likeness (QED) is 0.804. The zero-order valence-electron chi connectivity index (χ0n) is 7.74. The molecule has 0 spiro atoms. The maximum Gasteiger partial charge on any atom is 0.236 e. The van der Waals surface area contributed by atoms with Gasteiger partial charge in [0, 0.05) is 16.2 Å². The van der Waals surface area contributed by atoms with Crippen molar-refractivity contribution < 1.29 is 17.5 Å². The number of benzene rings is 1. The molecule has 0 saturated carbocycles. The Morgan fingerprint density at radius 1 is 1.47 bits per heavy atom. The van der Waals surface area contributed by atoms with Gasteiger partial charge in [-0.3, -0.25) is 0 Å². The Morgan fingerprint density at radius 2 is 2.07 bits per heavy atom. The minimum absolute atomic E-state index is 0. The number of hydrogen-bond acceptors (Lipinski definition) is 3. The predicted octanol–water partition coefficient (Wildman–Crippen LogP) is 2.48. The van der Waals surface area contributed by atoms with E-state index in [1.807, 2.05) is 0 Å². The second kappa shape index (κ2) is 5.67. The minimum atomic E-state index is -3.70. The zero-order valence-corrected chi connectivity index (χ0v) is 11.0.